The van der Waals surface area contributed by atoms with Crippen LogP contribution >= 0.6 is 0 Å². The van der Waals surface area contributed by atoms with Crippen molar-refractivity contribution >= 4 is 17.6 Å². The molecule has 3 rings (SSSR count). The van der Waals surface area contributed by atoms with Crippen LogP contribution in [0.25, 0.3) is 11.3 Å². The van der Waals surface area contributed by atoms with Gasteiger partial charge in [0, 0.05) is 44.2 Å². The van der Waals surface area contributed by atoms with Gasteiger partial charge < -0.3 is 14.7 Å². The number of aryl methyl sites for hydroxylation is 1. The number of carbonyl (C=O) groups is 2. The number of rotatable bonds is 7. The van der Waals surface area contributed by atoms with Crippen molar-refractivity contribution in [3.63, 3.8) is 0 Å². The highest BCUT2D eigenvalue weighted by Gasteiger charge is 2.25. The Bertz CT molecular complexity index is 925. The molecule has 1 aromatic heterocycles. The molecule has 1 aliphatic rings. The summed E-state index contributed by atoms with van der Waals surface area (Å²) in [6.07, 6.45) is 1.32. The Morgan fingerprint density at radius 1 is 0.939 bits per heavy atom. The Labute approximate surface area is 197 Å². The molecule has 1 saturated heterocycles. The maximum absolute atomic E-state index is 13.0. The first-order valence-corrected chi connectivity index (χ1v) is 12.0. The number of nitrogens with zero attached hydrogens (tertiary/aromatic N) is 5. The molecule has 178 valence electrons. The van der Waals surface area contributed by atoms with Crippen LogP contribution in [0, 0.1) is 12.8 Å². The highest BCUT2D eigenvalue weighted by atomic mass is 16.2. The van der Waals surface area contributed by atoms with Crippen LogP contribution in [0.3, 0.4) is 0 Å². The summed E-state index contributed by atoms with van der Waals surface area (Å²) in [5.41, 5.74) is 3.12. The Hall–Kier alpha value is -2.96. The summed E-state index contributed by atoms with van der Waals surface area (Å²) >= 11 is 0. The molecule has 0 radical (unpaired) electrons. The van der Waals surface area contributed by atoms with Gasteiger partial charge in [0.25, 0.3) is 0 Å². The van der Waals surface area contributed by atoms with Crippen molar-refractivity contribution in [2.75, 3.05) is 37.6 Å². The summed E-state index contributed by atoms with van der Waals surface area (Å²) in [6.45, 7) is 13.0. The molecular weight excluding hydrogens is 414 g/mol. The van der Waals surface area contributed by atoms with Crippen molar-refractivity contribution in [1.29, 1.82) is 0 Å². The molecule has 0 unspecified atom stereocenters. The second-order valence-corrected chi connectivity index (χ2v) is 9.58. The highest BCUT2D eigenvalue weighted by Crippen LogP contribution is 2.20. The van der Waals surface area contributed by atoms with Crippen LogP contribution in [-0.4, -0.2) is 70.6 Å². The number of hydrogen-bond acceptors (Lipinski definition) is 5. The van der Waals surface area contributed by atoms with E-state index in [0.717, 1.165) is 30.0 Å². The van der Waals surface area contributed by atoms with Gasteiger partial charge in [-0.1, -0.05) is 43.7 Å². The van der Waals surface area contributed by atoms with E-state index in [1.807, 2.05) is 44.7 Å². The molecule has 0 saturated carbocycles. The lowest BCUT2D eigenvalue weighted by atomic mass is 10.1. The fraction of sp³-hybridized carbons (Fsp3) is 0.538. The van der Waals surface area contributed by atoms with Crippen LogP contribution in [-0.2, 0) is 9.59 Å². The van der Waals surface area contributed by atoms with E-state index in [1.165, 1.54) is 5.56 Å². The van der Waals surface area contributed by atoms with Gasteiger partial charge in [-0.25, -0.2) is 0 Å². The zero-order valence-corrected chi connectivity index (χ0v) is 20.6. The second kappa shape index (κ2) is 11.3. The molecule has 1 aromatic carbocycles. The van der Waals surface area contributed by atoms with E-state index < -0.39 is 0 Å². The predicted octanol–water partition coefficient (Wildman–Crippen LogP) is 3.77. The molecule has 1 aliphatic heterocycles. The largest absolute Gasteiger partial charge is 0.353 e. The minimum Gasteiger partial charge on any atom is -0.353 e. The molecule has 0 aliphatic carbocycles. The SMILES string of the molecule is Cc1ccc(-c2ccc(N3CCCN(C(=O)CN(C(=O)CC(C)C)C(C)C)CC3)nn2)cc1. The zero-order chi connectivity index (χ0) is 24.0. The first-order chi connectivity index (χ1) is 15.7. The van der Waals surface area contributed by atoms with Gasteiger partial charge in [0.2, 0.25) is 11.8 Å². The van der Waals surface area contributed by atoms with Crippen LogP contribution in [0.2, 0.25) is 0 Å². The van der Waals surface area contributed by atoms with E-state index in [2.05, 4.69) is 46.3 Å². The van der Waals surface area contributed by atoms with Gasteiger partial charge in [-0.05, 0) is 45.2 Å². The van der Waals surface area contributed by atoms with Crippen LogP contribution in [0.1, 0.15) is 46.1 Å². The summed E-state index contributed by atoms with van der Waals surface area (Å²) in [7, 11) is 0. The number of amides is 2. The molecule has 2 aromatic rings. The molecule has 1 fully saturated rings. The lowest BCUT2D eigenvalue weighted by molar-refractivity contribution is -0.142. The smallest absolute Gasteiger partial charge is 0.242 e. The minimum atomic E-state index is 0.00555. The van der Waals surface area contributed by atoms with Crippen LogP contribution in [0.5, 0.6) is 0 Å². The first kappa shape index (κ1) is 24.7. The fourth-order valence-electron chi connectivity index (χ4n) is 4.04. The van der Waals surface area contributed by atoms with Crippen molar-refractivity contribution in [1.82, 2.24) is 20.0 Å². The zero-order valence-electron chi connectivity index (χ0n) is 20.6. The number of hydrogen-bond donors (Lipinski definition) is 0. The lowest BCUT2D eigenvalue weighted by Gasteiger charge is -2.30. The Morgan fingerprint density at radius 3 is 2.27 bits per heavy atom. The molecule has 7 nitrogen and oxygen atoms in total. The van der Waals surface area contributed by atoms with Crippen molar-refractivity contribution < 1.29 is 9.59 Å². The van der Waals surface area contributed by atoms with Gasteiger partial charge >= 0.3 is 0 Å². The van der Waals surface area contributed by atoms with Gasteiger partial charge in [0.15, 0.2) is 5.82 Å². The molecule has 7 heteroatoms. The van der Waals surface area contributed by atoms with Crippen molar-refractivity contribution in [2.24, 2.45) is 5.92 Å². The summed E-state index contributed by atoms with van der Waals surface area (Å²) in [4.78, 5) is 31.4. The van der Waals surface area contributed by atoms with Gasteiger partial charge in [-0.15, -0.1) is 10.2 Å². The monoisotopic (exact) mass is 451 g/mol. The molecule has 2 amide bonds. The van der Waals surface area contributed by atoms with Gasteiger partial charge in [-0.3, -0.25) is 9.59 Å². The minimum absolute atomic E-state index is 0.00555. The fourth-order valence-corrected chi connectivity index (χ4v) is 4.04. The maximum Gasteiger partial charge on any atom is 0.242 e. The summed E-state index contributed by atoms with van der Waals surface area (Å²) < 4.78 is 0. The van der Waals surface area contributed by atoms with Gasteiger partial charge in [0.1, 0.15) is 0 Å². The molecule has 0 spiro atoms. The Kier molecular flexibility index (Phi) is 8.42. The lowest BCUT2D eigenvalue weighted by Crippen LogP contribution is -2.47. The predicted molar refractivity (Wildman–Crippen MR) is 132 cm³/mol. The van der Waals surface area contributed by atoms with Crippen LogP contribution in [0.4, 0.5) is 5.82 Å². The van der Waals surface area contributed by atoms with Crippen molar-refractivity contribution in [3.8, 4) is 11.3 Å². The molecule has 33 heavy (non-hydrogen) atoms. The highest BCUT2D eigenvalue weighted by molar-refractivity contribution is 5.85. The summed E-state index contributed by atoms with van der Waals surface area (Å²) in [6, 6.07) is 12.3. The molecule has 2 heterocycles. The van der Waals surface area contributed by atoms with E-state index in [1.54, 1.807) is 4.90 Å². The maximum atomic E-state index is 13.0. The molecular formula is C26H37N5O2. The Balaban J connectivity index is 1.59. The average Bonchev–Trinajstić information content (AvgIpc) is 3.04. The molecule has 0 atom stereocenters. The average molecular weight is 452 g/mol. The summed E-state index contributed by atoms with van der Waals surface area (Å²) in [5, 5.41) is 8.88. The van der Waals surface area contributed by atoms with Crippen molar-refractivity contribution in [3.05, 3.63) is 42.0 Å². The normalized spacial score (nSPS) is 14.5. The van der Waals surface area contributed by atoms with E-state index in [0.29, 0.717) is 26.1 Å². The number of carbonyl (C=O) groups excluding carboxylic acids is 2. The van der Waals surface area contributed by atoms with Gasteiger partial charge in [-0.2, -0.15) is 0 Å². The van der Waals surface area contributed by atoms with E-state index in [9.17, 15) is 9.59 Å². The summed E-state index contributed by atoms with van der Waals surface area (Å²) in [5.74, 6) is 1.17. The van der Waals surface area contributed by atoms with Crippen molar-refractivity contribution in [2.45, 2.75) is 53.5 Å². The van der Waals surface area contributed by atoms with Gasteiger partial charge in [0.05, 0.1) is 12.2 Å². The number of aromatic nitrogens is 2. The Morgan fingerprint density at radius 2 is 1.67 bits per heavy atom. The second-order valence-electron chi connectivity index (χ2n) is 9.58. The third kappa shape index (κ3) is 6.76. The quantitative estimate of drug-likeness (QED) is 0.641. The first-order valence-electron chi connectivity index (χ1n) is 12.0. The third-order valence-corrected chi connectivity index (χ3v) is 6.00. The molecule has 0 bridgehead atoms. The standard InChI is InChI=1S/C26H37N5O2/c1-19(2)17-25(32)31(20(3)4)18-26(33)30-14-6-13-29(15-16-30)24-12-11-23(27-28-24)22-9-7-21(5)8-10-22/h7-12,19-20H,6,13-18H2,1-5H3. The van der Waals surface area contributed by atoms with E-state index in [-0.39, 0.29) is 30.3 Å². The topological polar surface area (TPSA) is 69.6 Å². The number of anilines is 1. The van der Waals surface area contributed by atoms with E-state index in [4.69, 9.17) is 0 Å². The van der Waals surface area contributed by atoms with E-state index >= 15 is 0 Å². The third-order valence-electron chi connectivity index (χ3n) is 6.00. The van der Waals surface area contributed by atoms with Crippen LogP contribution < -0.4 is 4.90 Å². The van der Waals surface area contributed by atoms with Crippen LogP contribution in [0.15, 0.2) is 36.4 Å². The molecule has 0 N–H and O–H groups in total. The number of benzene rings is 1.